The standard InChI is InChI=1S/C24H29ClN4O3/c1-27-10-12-28(13-11-27)16-24(30)29-22(18-6-4-5-7-20(18)25)15-21(26-29)19-9-8-17(31-2)14-23(19)32-3/h4-9,14,22H,10-13,15-16H2,1-3H3/t22-/m1/s1. The Hall–Kier alpha value is -2.61. The third-order valence-corrected chi connectivity index (χ3v) is 6.45. The van der Waals surface area contributed by atoms with Crippen molar-refractivity contribution in [2.24, 2.45) is 5.10 Å². The van der Waals surface area contributed by atoms with Crippen LogP contribution in [0, 0.1) is 0 Å². The van der Waals surface area contributed by atoms with Crippen LogP contribution in [0.2, 0.25) is 5.02 Å². The van der Waals surface area contributed by atoms with Gasteiger partial charge in [0.2, 0.25) is 0 Å². The molecule has 7 nitrogen and oxygen atoms in total. The van der Waals surface area contributed by atoms with Crippen molar-refractivity contribution in [1.82, 2.24) is 14.8 Å². The van der Waals surface area contributed by atoms with Gasteiger partial charge in [-0.15, -0.1) is 0 Å². The number of hydrogen-bond acceptors (Lipinski definition) is 6. The summed E-state index contributed by atoms with van der Waals surface area (Å²) in [5.74, 6) is 1.34. The lowest BCUT2D eigenvalue weighted by atomic mass is 9.97. The smallest absolute Gasteiger partial charge is 0.257 e. The molecule has 0 aromatic heterocycles. The van der Waals surface area contributed by atoms with E-state index < -0.39 is 0 Å². The van der Waals surface area contributed by atoms with E-state index >= 15 is 0 Å². The summed E-state index contributed by atoms with van der Waals surface area (Å²) in [5, 5.41) is 7.03. The van der Waals surface area contributed by atoms with Gasteiger partial charge in [0.1, 0.15) is 11.5 Å². The number of carbonyl (C=O) groups excluding carboxylic acids is 1. The molecule has 32 heavy (non-hydrogen) atoms. The summed E-state index contributed by atoms with van der Waals surface area (Å²) >= 11 is 6.53. The van der Waals surface area contributed by atoms with Crippen LogP contribution in [0.25, 0.3) is 0 Å². The normalized spacial score (nSPS) is 19.7. The van der Waals surface area contributed by atoms with Gasteiger partial charge in [0.05, 0.1) is 32.5 Å². The lowest BCUT2D eigenvalue weighted by Crippen LogP contribution is -2.48. The Bertz CT molecular complexity index is 1000. The van der Waals surface area contributed by atoms with Crippen molar-refractivity contribution >= 4 is 23.2 Å². The Morgan fingerprint density at radius 1 is 1.09 bits per heavy atom. The largest absolute Gasteiger partial charge is 0.497 e. The number of hydrogen-bond donors (Lipinski definition) is 0. The molecular formula is C24H29ClN4O3. The van der Waals surface area contributed by atoms with Crippen molar-refractivity contribution in [2.45, 2.75) is 12.5 Å². The maximum absolute atomic E-state index is 13.4. The molecule has 0 unspecified atom stereocenters. The summed E-state index contributed by atoms with van der Waals surface area (Å²) in [4.78, 5) is 17.9. The molecule has 170 valence electrons. The zero-order valence-corrected chi connectivity index (χ0v) is 19.5. The number of rotatable bonds is 6. The molecule has 0 radical (unpaired) electrons. The summed E-state index contributed by atoms with van der Waals surface area (Å²) in [6.45, 7) is 3.99. The topological polar surface area (TPSA) is 57.6 Å². The van der Waals surface area contributed by atoms with Gasteiger partial charge in [0.15, 0.2) is 0 Å². The van der Waals surface area contributed by atoms with E-state index in [1.807, 2.05) is 42.5 Å². The molecule has 2 aliphatic heterocycles. The summed E-state index contributed by atoms with van der Waals surface area (Å²) in [6.07, 6.45) is 0.556. The maximum atomic E-state index is 13.4. The summed E-state index contributed by atoms with van der Waals surface area (Å²) in [6, 6.07) is 13.0. The molecule has 0 aliphatic carbocycles. The second-order valence-corrected chi connectivity index (χ2v) is 8.58. The summed E-state index contributed by atoms with van der Waals surface area (Å²) < 4.78 is 10.9. The molecule has 0 saturated carbocycles. The number of amides is 1. The first-order valence-electron chi connectivity index (χ1n) is 10.8. The Labute approximate surface area is 194 Å². The molecular weight excluding hydrogens is 428 g/mol. The van der Waals surface area contributed by atoms with Crippen LogP contribution in [0.4, 0.5) is 0 Å². The van der Waals surface area contributed by atoms with Gasteiger partial charge in [0.25, 0.3) is 5.91 Å². The van der Waals surface area contributed by atoms with Crippen molar-refractivity contribution < 1.29 is 14.3 Å². The van der Waals surface area contributed by atoms with E-state index in [9.17, 15) is 4.79 Å². The van der Waals surface area contributed by atoms with Crippen LogP contribution in [-0.2, 0) is 4.79 Å². The van der Waals surface area contributed by atoms with Crippen LogP contribution < -0.4 is 9.47 Å². The fourth-order valence-corrected chi connectivity index (χ4v) is 4.46. The van der Waals surface area contributed by atoms with Gasteiger partial charge in [-0.25, -0.2) is 5.01 Å². The van der Waals surface area contributed by atoms with Crippen LogP contribution in [0.1, 0.15) is 23.6 Å². The average Bonchev–Trinajstić information content (AvgIpc) is 3.25. The fourth-order valence-electron chi connectivity index (χ4n) is 4.20. The number of halogens is 1. The van der Waals surface area contributed by atoms with E-state index in [1.165, 1.54) is 0 Å². The fraction of sp³-hybridized carbons (Fsp3) is 0.417. The van der Waals surface area contributed by atoms with Gasteiger partial charge < -0.3 is 14.4 Å². The SMILES string of the molecule is COc1ccc(C2=NN(C(=O)CN3CCN(C)CC3)[C@@H](c3ccccc3Cl)C2)c(OC)c1. The number of ether oxygens (including phenoxy) is 2. The van der Waals surface area contributed by atoms with E-state index in [1.54, 1.807) is 19.2 Å². The first-order valence-corrected chi connectivity index (χ1v) is 11.1. The molecule has 1 saturated heterocycles. The highest BCUT2D eigenvalue weighted by Gasteiger charge is 2.35. The predicted octanol–water partition coefficient (Wildman–Crippen LogP) is 3.28. The van der Waals surface area contributed by atoms with Crippen molar-refractivity contribution in [3.8, 4) is 11.5 Å². The number of benzene rings is 2. The second-order valence-electron chi connectivity index (χ2n) is 8.17. The summed E-state index contributed by atoms with van der Waals surface area (Å²) in [7, 11) is 5.34. The van der Waals surface area contributed by atoms with Gasteiger partial charge in [-0.3, -0.25) is 9.69 Å². The number of piperazine rings is 1. The Balaban J connectivity index is 1.64. The Morgan fingerprint density at radius 3 is 2.53 bits per heavy atom. The van der Waals surface area contributed by atoms with Gasteiger partial charge in [-0.05, 0) is 30.8 Å². The number of likely N-dealkylation sites (N-methyl/N-ethyl adjacent to an activating group) is 1. The van der Waals surface area contributed by atoms with Crippen LogP contribution in [0.3, 0.4) is 0 Å². The minimum absolute atomic E-state index is 0.0260. The minimum atomic E-state index is -0.259. The number of methoxy groups -OCH3 is 2. The molecule has 4 rings (SSSR count). The van der Waals surface area contributed by atoms with Crippen LogP contribution in [0.15, 0.2) is 47.6 Å². The van der Waals surface area contributed by atoms with Crippen LogP contribution in [0.5, 0.6) is 11.5 Å². The van der Waals surface area contributed by atoms with E-state index in [4.69, 9.17) is 26.2 Å². The highest BCUT2D eigenvalue weighted by molar-refractivity contribution is 6.31. The van der Waals surface area contributed by atoms with Crippen LogP contribution in [-0.4, -0.2) is 80.4 Å². The molecule has 8 heteroatoms. The van der Waals surface area contributed by atoms with Crippen molar-refractivity contribution in [2.75, 3.05) is 54.0 Å². The molecule has 0 bridgehead atoms. The third-order valence-electron chi connectivity index (χ3n) is 6.10. The van der Waals surface area contributed by atoms with Crippen molar-refractivity contribution in [3.63, 3.8) is 0 Å². The Kier molecular flexibility index (Phi) is 6.98. The molecule has 2 aromatic rings. The van der Waals surface area contributed by atoms with Gasteiger partial charge in [0, 0.05) is 49.3 Å². The first kappa shape index (κ1) is 22.6. The van der Waals surface area contributed by atoms with Crippen molar-refractivity contribution in [1.29, 1.82) is 0 Å². The molecule has 1 amide bonds. The van der Waals surface area contributed by atoms with E-state index in [-0.39, 0.29) is 11.9 Å². The average molecular weight is 457 g/mol. The molecule has 2 aliphatic rings. The molecule has 2 heterocycles. The van der Waals surface area contributed by atoms with Gasteiger partial charge >= 0.3 is 0 Å². The quantitative estimate of drug-likeness (QED) is 0.667. The number of hydrazone groups is 1. The van der Waals surface area contributed by atoms with E-state index in [2.05, 4.69) is 16.8 Å². The minimum Gasteiger partial charge on any atom is -0.497 e. The number of nitrogens with zero attached hydrogens (tertiary/aromatic N) is 4. The Morgan fingerprint density at radius 2 is 1.84 bits per heavy atom. The highest BCUT2D eigenvalue weighted by atomic mass is 35.5. The zero-order chi connectivity index (χ0) is 22.7. The lowest BCUT2D eigenvalue weighted by molar-refractivity contribution is -0.134. The zero-order valence-electron chi connectivity index (χ0n) is 18.8. The molecule has 1 fully saturated rings. The highest BCUT2D eigenvalue weighted by Crippen LogP contribution is 2.38. The van der Waals surface area contributed by atoms with E-state index in [0.717, 1.165) is 43.0 Å². The maximum Gasteiger partial charge on any atom is 0.257 e. The summed E-state index contributed by atoms with van der Waals surface area (Å²) in [5.41, 5.74) is 2.54. The number of carbonyl (C=O) groups is 1. The molecule has 1 atom stereocenters. The molecule has 2 aromatic carbocycles. The second kappa shape index (κ2) is 9.90. The molecule has 0 spiro atoms. The van der Waals surface area contributed by atoms with Crippen LogP contribution >= 0.6 is 11.6 Å². The van der Waals surface area contributed by atoms with Crippen molar-refractivity contribution in [3.05, 3.63) is 58.6 Å². The van der Waals surface area contributed by atoms with Gasteiger partial charge in [-0.2, -0.15) is 5.10 Å². The predicted molar refractivity (Wildman–Crippen MR) is 126 cm³/mol. The first-order chi connectivity index (χ1) is 15.5. The molecule has 0 N–H and O–H groups in total. The van der Waals surface area contributed by atoms with Gasteiger partial charge in [-0.1, -0.05) is 29.8 Å². The lowest BCUT2D eigenvalue weighted by Gasteiger charge is -2.33. The third kappa shape index (κ3) is 4.75. The van der Waals surface area contributed by atoms with E-state index in [0.29, 0.717) is 29.5 Å². The monoisotopic (exact) mass is 456 g/mol.